The normalized spacial score (nSPS) is 9.77. The van der Waals surface area contributed by atoms with Crippen molar-refractivity contribution in [1.29, 1.82) is 10.5 Å². The number of benzene rings is 1. The molecule has 4 N–H and O–H groups in total. The first-order chi connectivity index (χ1) is 10.5. The van der Waals surface area contributed by atoms with E-state index in [4.69, 9.17) is 10.5 Å². The Labute approximate surface area is 125 Å². The number of nitrogen functional groups attached to an aromatic ring is 1. The summed E-state index contributed by atoms with van der Waals surface area (Å²) in [5.41, 5.74) is 4.66. The monoisotopic (exact) mass is 296 g/mol. The number of pyridine rings is 1. The summed E-state index contributed by atoms with van der Waals surface area (Å²) in [5.74, 6) is -0.239. The van der Waals surface area contributed by atoms with E-state index in [-0.39, 0.29) is 39.6 Å². The number of aromatic hydroxyl groups is 1. The maximum atomic E-state index is 11.9. The third-order valence-electron chi connectivity index (χ3n) is 3.04. The van der Waals surface area contributed by atoms with Gasteiger partial charge in [0.25, 0.3) is 5.56 Å². The average molecular weight is 296 g/mol. The van der Waals surface area contributed by atoms with E-state index >= 15 is 0 Å². The van der Waals surface area contributed by atoms with Gasteiger partial charge in [0.2, 0.25) is 0 Å². The predicted molar refractivity (Wildman–Crippen MR) is 79.2 cm³/mol. The third kappa shape index (κ3) is 2.32. The zero-order valence-corrected chi connectivity index (χ0v) is 11.7. The number of nitrogens with one attached hydrogen (secondary N) is 1. The third-order valence-corrected chi connectivity index (χ3v) is 3.04. The molecule has 0 aliphatic heterocycles. The molecule has 0 aliphatic carbocycles. The van der Waals surface area contributed by atoms with E-state index in [9.17, 15) is 20.4 Å². The Morgan fingerprint density at radius 2 is 2.00 bits per heavy atom. The van der Waals surface area contributed by atoms with Crippen LogP contribution in [0.5, 0.6) is 11.5 Å². The number of ether oxygens (including phenoxy) is 1. The molecule has 0 unspecified atom stereocenters. The highest BCUT2D eigenvalue weighted by atomic mass is 16.5. The summed E-state index contributed by atoms with van der Waals surface area (Å²) in [6.45, 7) is 2.07. The van der Waals surface area contributed by atoms with Gasteiger partial charge in [-0.05, 0) is 13.0 Å². The van der Waals surface area contributed by atoms with E-state index in [1.807, 2.05) is 6.07 Å². The summed E-state index contributed by atoms with van der Waals surface area (Å²) in [5, 5.41) is 28.8. The average Bonchev–Trinajstić information content (AvgIpc) is 2.49. The van der Waals surface area contributed by atoms with Gasteiger partial charge in [-0.3, -0.25) is 4.79 Å². The molecule has 7 nitrogen and oxygen atoms in total. The minimum atomic E-state index is -0.727. The van der Waals surface area contributed by atoms with Crippen molar-refractivity contribution in [1.82, 2.24) is 4.98 Å². The van der Waals surface area contributed by atoms with E-state index in [1.165, 1.54) is 12.1 Å². The molecule has 0 saturated carbocycles. The van der Waals surface area contributed by atoms with E-state index in [0.717, 1.165) is 0 Å². The number of nitrogens with zero attached hydrogens (tertiary/aromatic N) is 2. The SMILES string of the molecule is CCOc1cccc(-c2c(C#N)c(N)[nH]c(=O)c2C#N)c1O. The van der Waals surface area contributed by atoms with E-state index < -0.39 is 5.56 Å². The molecule has 2 aromatic rings. The summed E-state index contributed by atoms with van der Waals surface area (Å²) in [4.78, 5) is 14.1. The fourth-order valence-electron chi connectivity index (χ4n) is 2.11. The Bertz CT molecular complexity index is 872. The highest BCUT2D eigenvalue weighted by molar-refractivity contribution is 5.84. The first-order valence-corrected chi connectivity index (χ1v) is 6.36. The number of phenolic OH excluding ortho intramolecular Hbond substituents is 1. The second-order valence-electron chi connectivity index (χ2n) is 4.30. The lowest BCUT2D eigenvalue weighted by Gasteiger charge is -2.13. The van der Waals surface area contributed by atoms with Crippen molar-refractivity contribution in [3.05, 3.63) is 39.7 Å². The Hall–Kier alpha value is -3.45. The number of rotatable bonds is 3. The molecule has 0 spiro atoms. The van der Waals surface area contributed by atoms with Crippen LogP contribution in [0.15, 0.2) is 23.0 Å². The fourth-order valence-corrected chi connectivity index (χ4v) is 2.11. The molecule has 0 fully saturated rings. The number of nitriles is 2. The van der Waals surface area contributed by atoms with Crippen molar-refractivity contribution >= 4 is 5.82 Å². The van der Waals surface area contributed by atoms with Crippen LogP contribution in [0.25, 0.3) is 11.1 Å². The van der Waals surface area contributed by atoms with Crippen molar-refractivity contribution in [2.24, 2.45) is 0 Å². The number of para-hydroxylation sites is 1. The standard InChI is InChI=1S/C15H12N4O3/c1-2-22-11-5-3-4-8(13(11)20)12-9(6-16)14(18)19-15(21)10(12)7-17/h3-5,20H,2H2,1H3,(H3,18,19,21). The summed E-state index contributed by atoms with van der Waals surface area (Å²) in [6.07, 6.45) is 0. The van der Waals surface area contributed by atoms with Crippen molar-refractivity contribution in [2.45, 2.75) is 6.92 Å². The highest BCUT2D eigenvalue weighted by Crippen LogP contribution is 2.39. The van der Waals surface area contributed by atoms with Crippen molar-refractivity contribution in [3.63, 3.8) is 0 Å². The molecule has 110 valence electrons. The molecule has 1 aromatic heterocycles. The minimum Gasteiger partial charge on any atom is -0.504 e. The Morgan fingerprint density at radius 1 is 1.32 bits per heavy atom. The number of hydrogen-bond donors (Lipinski definition) is 3. The smallest absolute Gasteiger partial charge is 0.268 e. The van der Waals surface area contributed by atoms with Gasteiger partial charge in [-0.25, -0.2) is 0 Å². The number of nitrogens with two attached hydrogens (primary N) is 1. The predicted octanol–water partition coefficient (Wildman–Crippen LogP) is 1.47. The second-order valence-corrected chi connectivity index (χ2v) is 4.30. The molecule has 0 bridgehead atoms. The molecule has 1 heterocycles. The van der Waals surface area contributed by atoms with Crippen LogP contribution < -0.4 is 16.0 Å². The van der Waals surface area contributed by atoms with Crippen molar-refractivity contribution in [3.8, 4) is 34.8 Å². The maximum absolute atomic E-state index is 11.9. The second kappa shape index (κ2) is 5.90. The van der Waals surface area contributed by atoms with Gasteiger partial charge in [0.15, 0.2) is 11.5 Å². The van der Waals surface area contributed by atoms with Crippen molar-refractivity contribution < 1.29 is 9.84 Å². The molecular weight excluding hydrogens is 284 g/mol. The van der Waals surface area contributed by atoms with Gasteiger partial charge in [-0.15, -0.1) is 0 Å². The van der Waals surface area contributed by atoms with E-state index in [2.05, 4.69) is 4.98 Å². The quantitative estimate of drug-likeness (QED) is 0.784. The Morgan fingerprint density at radius 3 is 2.59 bits per heavy atom. The number of phenols is 1. The molecule has 1 aromatic carbocycles. The van der Waals surface area contributed by atoms with Gasteiger partial charge in [0.05, 0.1) is 6.61 Å². The molecule has 0 atom stereocenters. The summed E-state index contributed by atoms with van der Waals surface area (Å²) < 4.78 is 5.27. The molecule has 22 heavy (non-hydrogen) atoms. The Kier molecular flexibility index (Phi) is 4.01. The van der Waals surface area contributed by atoms with E-state index in [0.29, 0.717) is 6.61 Å². The maximum Gasteiger partial charge on any atom is 0.268 e. The van der Waals surface area contributed by atoms with Gasteiger partial charge in [0.1, 0.15) is 29.1 Å². The molecular formula is C15H12N4O3. The lowest BCUT2D eigenvalue weighted by Crippen LogP contribution is -2.16. The van der Waals surface area contributed by atoms with Gasteiger partial charge in [-0.1, -0.05) is 12.1 Å². The first-order valence-electron chi connectivity index (χ1n) is 6.36. The summed E-state index contributed by atoms with van der Waals surface area (Å²) in [7, 11) is 0. The highest BCUT2D eigenvalue weighted by Gasteiger charge is 2.21. The van der Waals surface area contributed by atoms with E-state index in [1.54, 1.807) is 19.1 Å². The van der Waals surface area contributed by atoms with Gasteiger partial charge < -0.3 is 20.6 Å². The molecule has 0 saturated heterocycles. The van der Waals surface area contributed by atoms with Crippen LogP contribution in [0.3, 0.4) is 0 Å². The Balaban J connectivity index is 2.90. The van der Waals surface area contributed by atoms with Crippen LogP contribution in [0.4, 0.5) is 5.82 Å². The van der Waals surface area contributed by atoms with Crippen molar-refractivity contribution in [2.75, 3.05) is 12.3 Å². The summed E-state index contributed by atoms with van der Waals surface area (Å²) in [6, 6.07) is 8.19. The topological polar surface area (TPSA) is 136 Å². The van der Waals surface area contributed by atoms with Gasteiger partial charge in [-0.2, -0.15) is 10.5 Å². The number of aromatic nitrogens is 1. The number of aromatic amines is 1. The summed E-state index contributed by atoms with van der Waals surface area (Å²) >= 11 is 0. The minimum absolute atomic E-state index is 0.00898. The van der Waals surface area contributed by atoms with Crippen LogP contribution in [-0.2, 0) is 0 Å². The zero-order valence-electron chi connectivity index (χ0n) is 11.7. The molecule has 0 amide bonds. The number of hydrogen-bond acceptors (Lipinski definition) is 6. The fraction of sp³-hybridized carbons (Fsp3) is 0.133. The van der Waals surface area contributed by atoms with Crippen LogP contribution in [0.2, 0.25) is 0 Å². The molecule has 0 radical (unpaired) electrons. The van der Waals surface area contributed by atoms with Crippen LogP contribution in [0, 0.1) is 22.7 Å². The van der Waals surface area contributed by atoms with Gasteiger partial charge >= 0.3 is 0 Å². The number of anilines is 1. The molecule has 0 aliphatic rings. The first kappa shape index (κ1) is 14.9. The van der Waals surface area contributed by atoms with Gasteiger partial charge in [0, 0.05) is 11.1 Å². The zero-order chi connectivity index (χ0) is 16.3. The van der Waals surface area contributed by atoms with Crippen LogP contribution >= 0.6 is 0 Å². The largest absolute Gasteiger partial charge is 0.504 e. The lowest BCUT2D eigenvalue weighted by atomic mass is 9.95. The molecule has 7 heteroatoms. The molecule has 2 rings (SSSR count). The lowest BCUT2D eigenvalue weighted by molar-refractivity contribution is 0.318. The van der Waals surface area contributed by atoms with Crippen LogP contribution in [0.1, 0.15) is 18.1 Å². The number of H-pyrrole nitrogens is 1. The van der Waals surface area contributed by atoms with Crippen LogP contribution in [-0.4, -0.2) is 16.7 Å².